The molecule has 0 spiro atoms. The lowest BCUT2D eigenvalue weighted by atomic mass is 10.1. The Bertz CT molecular complexity index is 837. The second kappa shape index (κ2) is 13.2. The average molecular weight is 539 g/mol. The smallest absolute Gasteiger partial charge is 0.269 e. The number of rotatable bonds is 8. The minimum atomic E-state index is -0.390. The van der Waals surface area contributed by atoms with E-state index in [1.54, 1.807) is 12.1 Å². The number of ether oxygens (including phenoxy) is 1. The maximum Gasteiger partial charge on any atom is 0.269 e. The van der Waals surface area contributed by atoms with Crippen molar-refractivity contribution in [1.29, 1.82) is 0 Å². The van der Waals surface area contributed by atoms with Gasteiger partial charge in [-0.25, -0.2) is 4.99 Å². The molecule has 0 amide bonds. The monoisotopic (exact) mass is 539 g/mol. The van der Waals surface area contributed by atoms with E-state index in [-0.39, 0.29) is 29.7 Å². The zero-order valence-corrected chi connectivity index (χ0v) is 20.1. The number of nitro groups is 1. The molecule has 0 unspecified atom stereocenters. The standard InChI is InChI=1S/C22H29N5O3.HI/c1-18-2-4-19(5-3-18)16-24-22(23-10-11-26-12-14-30-15-13-26)25-17-20-6-8-21(9-7-20)27(28)29;/h2-9H,10-17H2,1H3,(H2,23,24,25);1H. The van der Waals surface area contributed by atoms with Crippen LogP contribution in [0.15, 0.2) is 53.5 Å². The number of nitrogens with zero attached hydrogens (tertiary/aromatic N) is 3. The summed E-state index contributed by atoms with van der Waals surface area (Å²) in [4.78, 5) is 17.5. The van der Waals surface area contributed by atoms with Crippen molar-refractivity contribution < 1.29 is 9.66 Å². The van der Waals surface area contributed by atoms with Gasteiger partial charge in [-0.2, -0.15) is 0 Å². The number of aryl methyl sites for hydroxylation is 1. The third-order valence-electron chi connectivity index (χ3n) is 4.97. The number of non-ortho nitro benzene ring substituents is 1. The highest BCUT2D eigenvalue weighted by molar-refractivity contribution is 14.0. The van der Waals surface area contributed by atoms with Crippen LogP contribution in [0.5, 0.6) is 0 Å². The summed E-state index contributed by atoms with van der Waals surface area (Å²) >= 11 is 0. The van der Waals surface area contributed by atoms with Gasteiger partial charge in [0.1, 0.15) is 0 Å². The highest BCUT2D eigenvalue weighted by Crippen LogP contribution is 2.11. The molecule has 0 atom stereocenters. The number of hydrogen-bond acceptors (Lipinski definition) is 5. The van der Waals surface area contributed by atoms with Crippen LogP contribution < -0.4 is 10.6 Å². The van der Waals surface area contributed by atoms with Crippen molar-refractivity contribution in [3.63, 3.8) is 0 Å². The van der Waals surface area contributed by atoms with Crippen molar-refractivity contribution in [3.05, 3.63) is 75.3 Å². The number of morpholine rings is 1. The number of aliphatic imine (C=N–C) groups is 1. The van der Waals surface area contributed by atoms with E-state index in [0.717, 1.165) is 56.5 Å². The Labute approximate surface area is 200 Å². The first-order chi connectivity index (χ1) is 14.6. The number of hydrogen-bond donors (Lipinski definition) is 2. The van der Waals surface area contributed by atoms with Crippen LogP contribution in [0.4, 0.5) is 5.69 Å². The molecular formula is C22H30IN5O3. The van der Waals surface area contributed by atoms with E-state index in [4.69, 9.17) is 9.73 Å². The van der Waals surface area contributed by atoms with Crippen LogP contribution in [0.3, 0.4) is 0 Å². The highest BCUT2D eigenvalue weighted by atomic mass is 127. The van der Waals surface area contributed by atoms with E-state index in [1.807, 2.05) is 0 Å². The van der Waals surface area contributed by atoms with E-state index < -0.39 is 4.92 Å². The predicted molar refractivity (Wildman–Crippen MR) is 133 cm³/mol. The molecule has 2 N–H and O–H groups in total. The Morgan fingerprint density at radius 3 is 2.35 bits per heavy atom. The van der Waals surface area contributed by atoms with Gasteiger partial charge in [0.05, 0.1) is 24.7 Å². The van der Waals surface area contributed by atoms with Crippen LogP contribution in [-0.4, -0.2) is 55.2 Å². The molecule has 1 fully saturated rings. The van der Waals surface area contributed by atoms with Gasteiger partial charge < -0.3 is 15.4 Å². The first-order valence-corrected chi connectivity index (χ1v) is 10.2. The van der Waals surface area contributed by atoms with Crippen LogP contribution >= 0.6 is 24.0 Å². The lowest BCUT2D eigenvalue weighted by Gasteiger charge is -2.26. The van der Waals surface area contributed by atoms with E-state index in [0.29, 0.717) is 13.1 Å². The zero-order valence-electron chi connectivity index (χ0n) is 17.8. The van der Waals surface area contributed by atoms with Crippen LogP contribution in [0.1, 0.15) is 16.7 Å². The molecule has 0 bridgehead atoms. The SMILES string of the molecule is Cc1ccc(CN=C(NCCN2CCOCC2)NCc2ccc([N+](=O)[O-])cc2)cc1.I. The summed E-state index contributed by atoms with van der Waals surface area (Å²) in [5.74, 6) is 0.724. The third-order valence-corrected chi connectivity index (χ3v) is 4.97. The van der Waals surface area contributed by atoms with Gasteiger partial charge in [-0.15, -0.1) is 24.0 Å². The lowest BCUT2D eigenvalue weighted by Crippen LogP contribution is -2.44. The van der Waals surface area contributed by atoms with E-state index >= 15 is 0 Å². The second-order valence-electron chi connectivity index (χ2n) is 7.31. The van der Waals surface area contributed by atoms with Crippen molar-refractivity contribution >= 4 is 35.6 Å². The number of benzene rings is 2. The molecule has 1 saturated heterocycles. The molecule has 31 heavy (non-hydrogen) atoms. The number of nitro benzene ring substituents is 1. The first-order valence-electron chi connectivity index (χ1n) is 10.2. The summed E-state index contributed by atoms with van der Waals surface area (Å²) in [7, 11) is 0. The van der Waals surface area contributed by atoms with E-state index in [9.17, 15) is 10.1 Å². The Balaban J connectivity index is 0.00000341. The van der Waals surface area contributed by atoms with Crippen molar-refractivity contribution in [2.75, 3.05) is 39.4 Å². The summed E-state index contributed by atoms with van der Waals surface area (Å²) in [6.07, 6.45) is 0. The van der Waals surface area contributed by atoms with Crippen LogP contribution in [0.25, 0.3) is 0 Å². The van der Waals surface area contributed by atoms with Crippen LogP contribution in [0, 0.1) is 17.0 Å². The molecule has 0 radical (unpaired) electrons. The number of guanidine groups is 1. The molecule has 1 heterocycles. The maximum atomic E-state index is 10.8. The van der Waals surface area contributed by atoms with Gasteiger partial charge in [0.2, 0.25) is 0 Å². The quantitative estimate of drug-likeness (QED) is 0.176. The molecular weight excluding hydrogens is 509 g/mol. The summed E-state index contributed by atoms with van der Waals surface area (Å²) in [6, 6.07) is 14.9. The summed E-state index contributed by atoms with van der Waals surface area (Å²) < 4.78 is 5.39. The van der Waals surface area contributed by atoms with Gasteiger partial charge >= 0.3 is 0 Å². The van der Waals surface area contributed by atoms with Gasteiger partial charge in [0, 0.05) is 44.9 Å². The molecule has 0 saturated carbocycles. The predicted octanol–water partition coefficient (Wildman–Crippen LogP) is 3.09. The molecule has 3 rings (SSSR count). The van der Waals surface area contributed by atoms with Gasteiger partial charge in [0.25, 0.3) is 5.69 Å². The van der Waals surface area contributed by atoms with Crippen molar-refractivity contribution in [1.82, 2.24) is 15.5 Å². The molecule has 168 valence electrons. The van der Waals surface area contributed by atoms with E-state index in [1.165, 1.54) is 17.7 Å². The fourth-order valence-electron chi connectivity index (χ4n) is 3.12. The minimum Gasteiger partial charge on any atom is -0.379 e. The van der Waals surface area contributed by atoms with E-state index in [2.05, 4.69) is 46.7 Å². The molecule has 0 aliphatic carbocycles. The van der Waals surface area contributed by atoms with Crippen LogP contribution in [-0.2, 0) is 17.8 Å². The van der Waals surface area contributed by atoms with Gasteiger partial charge in [-0.3, -0.25) is 15.0 Å². The van der Waals surface area contributed by atoms with Crippen molar-refractivity contribution in [3.8, 4) is 0 Å². The van der Waals surface area contributed by atoms with Crippen molar-refractivity contribution in [2.24, 2.45) is 4.99 Å². The molecule has 2 aromatic rings. The first kappa shape index (κ1) is 25.0. The zero-order chi connectivity index (χ0) is 21.2. The fraction of sp³-hybridized carbons (Fsp3) is 0.409. The normalized spacial score (nSPS) is 14.5. The molecule has 1 aliphatic heterocycles. The lowest BCUT2D eigenvalue weighted by molar-refractivity contribution is -0.384. The average Bonchev–Trinajstić information content (AvgIpc) is 2.77. The van der Waals surface area contributed by atoms with Crippen LogP contribution in [0.2, 0.25) is 0 Å². The molecule has 0 aromatic heterocycles. The Hall–Kier alpha value is -2.24. The fourth-order valence-corrected chi connectivity index (χ4v) is 3.12. The van der Waals surface area contributed by atoms with Gasteiger partial charge in [-0.05, 0) is 18.1 Å². The second-order valence-corrected chi connectivity index (χ2v) is 7.31. The molecule has 9 heteroatoms. The highest BCUT2D eigenvalue weighted by Gasteiger charge is 2.10. The van der Waals surface area contributed by atoms with Gasteiger partial charge in [0.15, 0.2) is 5.96 Å². The topological polar surface area (TPSA) is 92.0 Å². The van der Waals surface area contributed by atoms with Crippen molar-refractivity contribution in [2.45, 2.75) is 20.0 Å². The largest absolute Gasteiger partial charge is 0.379 e. The Morgan fingerprint density at radius 1 is 1.06 bits per heavy atom. The molecule has 8 nitrogen and oxygen atoms in total. The third kappa shape index (κ3) is 8.80. The summed E-state index contributed by atoms with van der Waals surface area (Å²) in [6.45, 7) is 8.35. The summed E-state index contributed by atoms with van der Waals surface area (Å²) in [5, 5.41) is 17.5. The summed E-state index contributed by atoms with van der Waals surface area (Å²) in [5.41, 5.74) is 3.42. The van der Waals surface area contributed by atoms with Gasteiger partial charge in [-0.1, -0.05) is 42.0 Å². The molecule has 1 aliphatic rings. The number of halogens is 1. The Morgan fingerprint density at radius 2 is 1.71 bits per heavy atom. The molecule has 2 aromatic carbocycles. The number of nitrogens with one attached hydrogen (secondary N) is 2. The minimum absolute atomic E-state index is 0. The maximum absolute atomic E-state index is 10.8. The Kier molecular flexibility index (Phi) is 10.7.